The van der Waals surface area contributed by atoms with Gasteiger partial charge in [-0.15, -0.1) is 0 Å². The summed E-state index contributed by atoms with van der Waals surface area (Å²) in [5.41, 5.74) is 0.681. The van der Waals surface area contributed by atoms with Gasteiger partial charge in [-0.25, -0.2) is 4.98 Å². The highest BCUT2D eigenvalue weighted by molar-refractivity contribution is 6.32. The minimum absolute atomic E-state index is 0.240. The van der Waals surface area contributed by atoms with Crippen LogP contribution in [0, 0.1) is 5.92 Å². The van der Waals surface area contributed by atoms with E-state index in [2.05, 4.69) is 9.97 Å². The second kappa shape index (κ2) is 5.64. The quantitative estimate of drug-likeness (QED) is 0.892. The van der Waals surface area contributed by atoms with Crippen molar-refractivity contribution in [1.29, 1.82) is 0 Å². The van der Waals surface area contributed by atoms with E-state index in [9.17, 15) is 5.11 Å². The number of hydrogen-bond acceptors (Lipinski definition) is 3. The number of aliphatic hydroxyl groups excluding tert-OH is 1. The molecule has 0 radical (unpaired) electrons. The van der Waals surface area contributed by atoms with Gasteiger partial charge < -0.3 is 5.11 Å². The maximum atomic E-state index is 9.62. The molecule has 0 spiro atoms. The fraction of sp³-hybridized carbons (Fsp3) is 0.600. The minimum atomic E-state index is -0.335. The van der Waals surface area contributed by atoms with Crippen molar-refractivity contribution in [2.45, 2.75) is 32.8 Å². The SMILES string of the molecule is CC(C)C(O)CCc1ncc(Cl)nc1Cl. The number of aliphatic hydroxyl groups is 1. The number of nitrogens with zero attached hydrogens (tertiary/aromatic N) is 2. The molecule has 0 aliphatic heterocycles. The molecule has 15 heavy (non-hydrogen) atoms. The van der Waals surface area contributed by atoms with Crippen LogP contribution in [-0.2, 0) is 6.42 Å². The number of hydrogen-bond donors (Lipinski definition) is 1. The largest absolute Gasteiger partial charge is 0.393 e. The molecule has 0 amide bonds. The van der Waals surface area contributed by atoms with Crippen molar-refractivity contribution in [2.24, 2.45) is 5.92 Å². The molecule has 1 heterocycles. The Morgan fingerprint density at radius 3 is 2.60 bits per heavy atom. The first-order valence-electron chi connectivity index (χ1n) is 4.85. The summed E-state index contributed by atoms with van der Waals surface area (Å²) in [4.78, 5) is 7.95. The van der Waals surface area contributed by atoms with Crippen LogP contribution in [0.25, 0.3) is 0 Å². The number of aryl methyl sites for hydroxylation is 1. The lowest BCUT2D eigenvalue weighted by Gasteiger charge is -2.13. The summed E-state index contributed by atoms with van der Waals surface area (Å²) in [6.07, 6.45) is 2.37. The number of halogens is 2. The summed E-state index contributed by atoms with van der Waals surface area (Å²) in [6.45, 7) is 3.94. The molecule has 3 nitrogen and oxygen atoms in total. The van der Waals surface area contributed by atoms with E-state index in [0.717, 1.165) is 0 Å². The summed E-state index contributed by atoms with van der Waals surface area (Å²) in [7, 11) is 0. The van der Waals surface area contributed by atoms with Crippen LogP contribution in [0.5, 0.6) is 0 Å². The van der Waals surface area contributed by atoms with E-state index in [1.807, 2.05) is 13.8 Å². The fourth-order valence-electron chi connectivity index (χ4n) is 1.16. The molecule has 0 saturated heterocycles. The van der Waals surface area contributed by atoms with Gasteiger partial charge in [0.1, 0.15) is 5.15 Å². The highest BCUT2D eigenvalue weighted by Crippen LogP contribution is 2.17. The van der Waals surface area contributed by atoms with Gasteiger partial charge in [0.2, 0.25) is 0 Å². The van der Waals surface area contributed by atoms with Gasteiger partial charge >= 0.3 is 0 Å². The number of rotatable bonds is 4. The molecule has 0 saturated carbocycles. The van der Waals surface area contributed by atoms with Crippen molar-refractivity contribution in [3.05, 3.63) is 22.2 Å². The lowest BCUT2D eigenvalue weighted by molar-refractivity contribution is 0.116. The van der Waals surface area contributed by atoms with Crippen molar-refractivity contribution < 1.29 is 5.11 Å². The monoisotopic (exact) mass is 248 g/mol. The average Bonchev–Trinajstić information content (AvgIpc) is 2.15. The Labute approximate surface area is 99.5 Å². The van der Waals surface area contributed by atoms with Gasteiger partial charge in [-0.3, -0.25) is 4.98 Å². The second-order valence-corrected chi connectivity index (χ2v) is 4.53. The average molecular weight is 249 g/mol. The Kier molecular flexibility index (Phi) is 4.77. The molecule has 5 heteroatoms. The topological polar surface area (TPSA) is 46.0 Å². The van der Waals surface area contributed by atoms with Crippen LogP contribution in [0.15, 0.2) is 6.20 Å². The van der Waals surface area contributed by atoms with Crippen LogP contribution in [-0.4, -0.2) is 21.2 Å². The van der Waals surface area contributed by atoms with E-state index in [1.54, 1.807) is 0 Å². The summed E-state index contributed by atoms with van der Waals surface area (Å²) in [5.74, 6) is 0.240. The van der Waals surface area contributed by atoms with Crippen molar-refractivity contribution >= 4 is 23.2 Å². The summed E-state index contributed by atoms with van der Waals surface area (Å²) < 4.78 is 0. The molecule has 0 fully saturated rings. The van der Waals surface area contributed by atoms with Gasteiger partial charge in [0.05, 0.1) is 18.0 Å². The molecule has 1 rings (SSSR count). The standard InChI is InChI=1S/C10H14Cl2N2O/c1-6(2)8(15)4-3-7-10(12)14-9(11)5-13-7/h5-6,8,15H,3-4H2,1-2H3. The molecule has 1 unspecified atom stereocenters. The van der Waals surface area contributed by atoms with Crippen molar-refractivity contribution in [2.75, 3.05) is 0 Å². The molecule has 0 aliphatic carbocycles. The van der Waals surface area contributed by atoms with E-state index in [0.29, 0.717) is 23.7 Å². The predicted octanol–water partition coefficient (Wildman–Crippen LogP) is 2.73. The van der Waals surface area contributed by atoms with E-state index < -0.39 is 0 Å². The van der Waals surface area contributed by atoms with E-state index in [1.165, 1.54) is 6.20 Å². The van der Waals surface area contributed by atoms with Crippen LogP contribution in [0.1, 0.15) is 26.0 Å². The normalized spacial score (nSPS) is 13.2. The van der Waals surface area contributed by atoms with Crippen LogP contribution in [0.4, 0.5) is 0 Å². The summed E-state index contributed by atoms with van der Waals surface area (Å²) in [5, 5.41) is 10.2. The Balaban J connectivity index is 2.58. The third kappa shape index (κ3) is 3.93. The van der Waals surface area contributed by atoms with E-state index in [-0.39, 0.29) is 17.2 Å². The molecular weight excluding hydrogens is 235 g/mol. The first-order valence-corrected chi connectivity index (χ1v) is 5.61. The van der Waals surface area contributed by atoms with Crippen molar-refractivity contribution in [3.63, 3.8) is 0 Å². The van der Waals surface area contributed by atoms with Gasteiger partial charge in [0.15, 0.2) is 5.15 Å². The molecule has 1 aromatic heterocycles. The first-order chi connectivity index (χ1) is 7.00. The molecule has 0 bridgehead atoms. The number of aromatic nitrogens is 2. The lowest BCUT2D eigenvalue weighted by Crippen LogP contribution is -2.15. The minimum Gasteiger partial charge on any atom is -0.393 e. The van der Waals surface area contributed by atoms with Gasteiger partial charge in [0, 0.05) is 0 Å². The summed E-state index contributed by atoms with van der Waals surface area (Å²) >= 11 is 11.5. The molecule has 1 N–H and O–H groups in total. The Hall–Kier alpha value is -0.380. The van der Waals surface area contributed by atoms with Crippen molar-refractivity contribution in [3.8, 4) is 0 Å². The molecule has 1 atom stereocenters. The van der Waals surface area contributed by atoms with Crippen molar-refractivity contribution in [1.82, 2.24) is 9.97 Å². The van der Waals surface area contributed by atoms with Gasteiger partial charge in [-0.1, -0.05) is 37.0 Å². The van der Waals surface area contributed by atoms with Crippen LogP contribution < -0.4 is 0 Å². The zero-order valence-corrected chi connectivity index (χ0v) is 10.3. The van der Waals surface area contributed by atoms with E-state index >= 15 is 0 Å². The smallest absolute Gasteiger partial charge is 0.152 e. The summed E-state index contributed by atoms with van der Waals surface area (Å²) in [6, 6.07) is 0. The predicted molar refractivity (Wildman–Crippen MR) is 61.2 cm³/mol. The Bertz CT molecular complexity index is 331. The highest BCUT2D eigenvalue weighted by atomic mass is 35.5. The zero-order valence-electron chi connectivity index (χ0n) is 8.74. The maximum absolute atomic E-state index is 9.62. The van der Waals surface area contributed by atoms with Gasteiger partial charge in [0.25, 0.3) is 0 Å². The van der Waals surface area contributed by atoms with Crippen LogP contribution in [0.3, 0.4) is 0 Å². The van der Waals surface area contributed by atoms with Crippen LogP contribution >= 0.6 is 23.2 Å². The van der Waals surface area contributed by atoms with Gasteiger partial charge in [-0.05, 0) is 18.8 Å². The molecule has 0 aliphatic rings. The molecule has 84 valence electrons. The van der Waals surface area contributed by atoms with Gasteiger partial charge in [-0.2, -0.15) is 0 Å². The first kappa shape index (κ1) is 12.7. The third-order valence-electron chi connectivity index (χ3n) is 2.22. The lowest BCUT2D eigenvalue weighted by atomic mass is 10.0. The van der Waals surface area contributed by atoms with Crippen LogP contribution in [0.2, 0.25) is 10.3 Å². The Morgan fingerprint density at radius 2 is 2.07 bits per heavy atom. The maximum Gasteiger partial charge on any atom is 0.152 e. The zero-order chi connectivity index (χ0) is 11.4. The molecule has 1 aromatic rings. The second-order valence-electron chi connectivity index (χ2n) is 3.78. The van der Waals surface area contributed by atoms with E-state index in [4.69, 9.17) is 23.2 Å². The fourth-order valence-corrected chi connectivity index (χ4v) is 1.57. The highest BCUT2D eigenvalue weighted by Gasteiger charge is 2.11. The Morgan fingerprint density at radius 1 is 1.40 bits per heavy atom. The molecular formula is C10H14Cl2N2O. The third-order valence-corrected chi connectivity index (χ3v) is 2.70. The molecule has 0 aromatic carbocycles.